The molecule has 1 aromatic rings. The summed E-state index contributed by atoms with van der Waals surface area (Å²) >= 11 is 5.86. The van der Waals surface area contributed by atoms with Crippen LogP contribution in [0.1, 0.15) is 25.0 Å². The molecule has 0 fully saturated rings. The van der Waals surface area contributed by atoms with E-state index in [1.807, 2.05) is 26.0 Å². The number of hydrogen-bond donors (Lipinski definition) is 2. The van der Waals surface area contributed by atoms with Crippen molar-refractivity contribution in [2.75, 3.05) is 7.05 Å². The second kappa shape index (κ2) is 8.46. The van der Waals surface area contributed by atoms with E-state index in [4.69, 9.17) is 16.4 Å². The van der Waals surface area contributed by atoms with Crippen molar-refractivity contribution in [3.05, 3.63) is 59.3 Å². The summed E-state index contributed by atoms with van der Waals surface area (Å²) in [5.74, 6) is 0. The normalized spacial score (nSPS) is 12.6. The number of likely N-dealkylation sites (N-methyl/N-ethyl adjacent to an activating group) is 1. The van der Waals surface area contributed by atoms with Crippen LogP contribution >= 0.6 is 11.6 Å². The van der Waals surface area contributed by atoms with Gasteiger partial charge in [0.1, 0.15) is 0 Å². The molecule has 116 valence electrons. The SMILES string of the molecule is C=C(Cl)/C=C(\C(=C)NC)c1ccc2c(c1)C=NOB2O.CC. The van der Waals surface area contributed by atoms with Crippen LogP contribution in [0.5, 0.6) is 0 Å². The Bertz CT molecular complexity index is 627. The molecule has 0 radical (unpaired) electrons. The summed E-state index contributed by atoms with van der Waals surface area (Å²) in [7, 11) is 0.747. The van der Waals surface area contributed by atoms with E-state index in [1.165, 1.54) is 0 Å². The van der Waals surface area contributed by atoms with Gasteiger partial charge in [0, 0.05) is 28.8 Å². The first-order valence-corrected chi connectivity index (χ1v) is 7.35. The predicted molar refractivity (Wildman–Crippen MR) is 95.2 cm³/mol. The molecule has 0 spiro atoms. The van der Waals surface area contributed by atoms with Crippen molar-refractivity contribution in [1.29, 1.82) is 0 Å². The quantitative estimate of drug-likeness (QED) is 0.663. The van der Waals surface area contributed by atoms with Gasteiger partial charge in [-0.2, -0.15) is 0 Å². The van der Waals surface area contributed by atoms with Crippen molar-refractivity contribution in [1.82, 2.24) is 5.32 Å². The number of nitrogens with zero attached hydrogens (tertiary/aromatic N) is 1. The Kier molecular flexibility index (Phi) is 6.95. The van der Waals surface area contributed by atoms with Crippen LogP contribution in [0.2, 0.25) is 0 Å². The summed E-state index contributed by atoms with van der Waals surface area (Å²) in [6, 6.07) is 5.53. The van der Waals surface area contributed by atoms with Gasteiger partial charge < -0.3 is 15.1 Å². The van der Waals surface area contributed by atoms with Crippen LogP contribution in [0.4, 0.5) is 0 Å². The molecule has 0 bridgehead atoms. The Morgan fingerprint density at radius 2 is 2.09 bits per heavy atom. The lowest BCUT2D eigenvalue weighted by atomic mass is 9.75. The Morgan fingerprint density at radius 1 is 1.41 bits per heavy atom. The van der Waals surface area contributed by atoms with Gasteiger partial charge in [-0.1, -0.05) is 50.7 Å². The maximum Gasteiger partial charge on any atom is 0.583 e. The Labute approximate surface area is 137 Å². The lowest BCUT2D eigenvalue weighted by molar-refractivity contribution is 0.286. The van der Waals surface area contributed by atoms with Crippen molar-refractivity contribution in [3.63, 3.8) is 0 Å². The first-order chi connectivity index (χ1) is 10.5. The fourth-order valence-corrected chi connectivity index (χ4v) is 2.03. The number of benzene rings is 1. The first kappa shape index (κ1) is 18.1. The number of hydrogen-bond acceptors (Lipinski definition) is 4. The summed E-state index contributed by atoms with van der Waals surface area (Å²) < 4.78 is 4.78. The molecule has 1 aliphatic heterocycles. The van der Waals surface area contributed by atoms with E-state index in [0.29, 0.717) is 10.5 Å². The molecule has 0 aromatic heterocycles. The minimum Gasteiger partial charge on any atom is -0.427 e. The maximum absolute atomic E-state index is 9.68. The van der Waals surface area contributed by atoms with Crippen molar-refractivity contribution in [2.45, 2.75) is 13.8 Å². The molecule has 2 rings (SSSR count). The van der Waals surface area contributed by atoms with E-state index in [9.17, 15) is 5.02 Å². The first-order valence-electron chi connectivity index (χ1n) is 6.97. The smallest absolute Gasteiger partial charge is 0.427 e. The summed E-state index contributed by atoms with van der Waals surface area (Å²) in [5, 5.41) is 16.7. The Morgan fingerprint density at radius 3 is 2.68 bits per heavy atom. The molecule has 0 saturated heterocycles. The molecular formula is C16H20BClN2O2. The van der Waals surface area contributed by atoms with Gasteiger partial charge in [-0.25, -0.2) is 0 Å². The van der Waals surface area contributed by atoms with Crippen molar-refractivity contribution < 1.29 is 9.78 Å². The van der Waals surface area contributed by atoms with Crippen LogP contribution in [0.3, 0.4) is 0 Å². The van der Waals surface area contributed by atoms with Crippen molar-refractivity contribution in [2.24, 2.45) is 5.16 Å². The molecule has 1 aliphatic rings. The molecule has 0 amide bonds. The monoisotopic (exact) mass is 318 g/mol. The Hall–Kier alpha value is -1.98. The minimum absolute atomic E-state index is 0.408. The van der Waals surface area contributed by atoms with Gasteiger partial charge in [0.05, 0.1) is 6.21 Å². The molecule has 6 heteroatoms. The van der Waals surface area contributed by atoms with E-state index in [1.54, 1.807) is 25.4 Å². The zero-order chi connectivity index (χ0) is 16.7. The largest absolute Gasteiger partial charge is 0.583 e. The van der Waals surface area contributed by atoms with Crippen LogP contribution in [-0.4, -0.2) is 25.4 Å². The van der Waals surface area contributed by atoms with Crippen LogP contribution in [0.25, 0.3) is 5.57 Å². The average Bonchev–Trinajstić information content (AvgIpc) is 2.53. The lowest BCUT2D eigenvalue weighted by Crippen LogP contribution is -2.37. The third kappa shape index (κ3) is 4.26. The number of rotatable bonds is 4. The summed E-state index contributed by atoms with van der Waals surface area (Å²) in [6.45, 7) is 11.6. The van der Waals surface area contributed by atoms with E-state index in [2.05, 4.69) is 23.6 Å². The van der Waals surface area contributed by atoms with Crippen LogP contribution < -0.4 is 10.8 Å². The van der Waals surface area contributed by atoms with E-state index < -0.39 is 7.12 Å². The number of allylic oxidation sites excluding steroid dienone is 3. The number of nitrogens with one attached hydrogen (secondary N) is 1. The van der Waals surface area contributed by atoms with Gasteiger partial charge in [-0.05, 0) is 23.3 Å². The van der Waals surface area contributed by atoms with E-state index in [-0.39, 0.29) is 0 Å². The van der Waals surface area contributed by atoms with E-state index >= 15 is 0 Å². The molecule has 0 unspecified atom stereocenters. The van der Waals surface area contributed by atoms with Crippen LogP contribution in [0, 0.1) is 0 Å². The third-order valence-corrected chi connectivity index (χ3v) is 3.05. The zero-order valence-corrected chi connectivity index (χ0v) is 13.8. The second-order valence-electron chi connectivity index (χ2n) is 4.27. The molecule has 1 aromatic carbocycles. The van der Waals surface area contributed by atoms with Gasteiger partial charge in [0.2, 0.25) is 0 Å². The molecular weight excluding hydrogens is 298 g/mol. The summed E-state index contributed by atoms with van der Waals surface area (Å²) in [6.07, 6.45) is 3.29. The third-order valence-electron chi connectivity index (χ3n) is 2.94. The van der Waals surface area contributed by atoms with Gasteiger partial charge in [-0.3, -0.25) is 0 Å². The maximum atomic E-state index is 9.68. The highest BCUT2D eigenvalue weighted by Gasteiger charge is 2.25. The molecule has 0 aliphatic carbocycles. The van der Waals surface area contributed by atoms with E-state index in [0.717, 1.165) is 22.4 Å². The molecule has 22 heavy (non-hydrogen) atoms. The standard InChI is InChI=1S/C14H14BClN2O2.C2H6/c1-9(16)6-13(10(2)17-3)11-4-5-14-12(7-11)8-18-20-15(14)19;1-2/h4-8,17,19H,1-2H2,3H3;1-2H3/b13-6+;. The zero-order valence-electron chi connectivity index (χ0n) is 13.1. The lowest BCUT2D eigenvalue weighted by Gasteiger charge is -2.16. The number of oxime groups is 1. The Balaban J connectivity index is 0.00000116. The van der Waals surface area contributed by atoms with Gasteiger partial charge in [0.15, 0.2) is 0 Å². The molecule has 4 nitrogen and oxygen atoms in total. The topological polar surface area (TPSA) is 53.9 Å². The van der Waals surface area contributed by atoms with Crippen LogP contribution in [-0.2, 0) is 4.76 Å². The highest BCUT2D eigenvalue weighted by Crippen LogP contribution is 2.23. The predicted octanol–water partition coefficient (Wildman–Crippen LogP) is 2.63. The fourth-order valence-electron chi connectivity index (χ4n) is 1.92. The van der Waals surface area contributed by atoms with Crippen LogP contribution in [0.15, 0.2) is 53.3 Å². The molecule has 2 N–H and O–H groups in total. The minimum atomic E-state index is -1.04. The molecule has 0 saturated carbocycles. The van der Waals surface area contributed by atoms with Crippen molar-refractivity contribution >= 4 is 36.0 Å². The number of halogens is 1. The fraction of sp³-hybridized carbons (Fsp3) is 0.188. The summed E-state index contributed by atoms with van der Waals surface area (Å²) in [4.78, 5) is 0. The second-order valence-corrected chi connectivity index (χ2v) is 4.75. The van der Waals surface area contributed by atoms with Crippen molar-refractivity contribution in [3.8, 4) is 0 Å². The van der Waals surface area contributed by atoms with Gasteiger partial charge in [0.25, 0.3) is 0 Å². The highest BCUT2D eigenvalue weighted by molar-refractivity contribution is 6.62. The molecule has 1 heterocycles. The molecule has 0 atom stereocenters. The highest BCUT2D eigenvalue weighted by atomic mass is 35.5. The average molecular weight is 319 g/mol. The number of fused-ring (bicyclic) bond motifs is 1. The van der Waals surface area contributed by atoms with Gasteiger partial charge in [-0.15, -0.1) is 5.16 Å². The van der Waals surface area contributed by atoms with Gasteiger partial charge >= 0.3 is 7.12 Å². The summed E-state index contributed by atoms with van der Waals surface area (Å²) in [5.41, 5.74) is 3.89.